The van der Waals surface area contributed by atoms with Crippen LogP contribution in [0.25, 0.3) is 33.0 Å². The van der Waals surface area contributed by atoms with Crippen LogP contribution in [0.4, 0.5) is 11.4 Å². The smallest absolute Gasteiger partial charge is 0.744 e. The van der Waals surface area contributed by atoms with Gasteiger partial charge in [-0.05, 0) is 53.1 Å². The number of carbonyl (C=O) groups is 1. The third-order valence-electron chi connectivity index (χ3n) is 5.72. The van der Waals surface area contributed by atoms with Crippen molar-refractivity contribution in [2.75, 3.05) is 0 Å². The van der Waals surface area contributed by atoms with Gasteiger partial charge in [0.05, 0.1) is 9.79 Å². The Morgan fingerprint density at radius 3 is 1.50 bits per heavy atom. The molecule has 0 unspecified atom stereocenters. The second kappa shape index (κ2) is 16.4. The summed E-state index contributed by atoms with van der Waals surface area (Å²) in [5.41, 5.74) is 17.9. The van der Waals surface area contributed by atoms with E-state index in [-0.39, 0.29) is 93.3 Å². The summed E-state index contributed by atoms with van der Waals surface area (Å²) < 4.78 is 70.0. The number of carbonyl (C=O) groups excluding carboxylic acids is 1. The van der Waals surface area contributed by atoms with Crippen LogP contribution in [0, 0.1) is 5.92 Å². The number of allylic oxidation sites excluding steroid dienone is 6. The Labute approximate surface area is 286 Å². The number of azide groups is 2. The number of hydrogen-bond acceptors (Lipinski definition) is 9. The Morgan fingerprint density at radius 1 is 0.786 bits per heavy atom. The number of benzene rings is 2. The summed E-state index contributed by atoms with van der Waals surface area (Å²) in [7, 11) is -9.75. The van der Waals surface area contributed by atoms with Gasteiger partial charge in [-0.25, -0.2) is 16.8 Å². The molecule has 206 valence electrons. The number of hydrogen-bond donors (Lipinski definition) is 0. The molecule has 13 nitrogen and oxygen atoms in total. The van der Waals surface area contributed by atoms with Crippen molar-refractivity contribution in [1.82, 2.24) is 0 Å². The number of nitrogens with zero attached hydrogens (tertiary/aromatic N) is 6. The zero-order valence-corrected chi connectivity index (χ0v) is 28.4. The fraction of sp³-hybridized carbons (Fsp3) is 0.160. The minimum absolute atomic E-state index is 0. The molecule has 3 rings (SSSR count). The molecule has 0 spiro atoms. The third-order valence-corrected chi connectivity index (χ3v) is 7.50. The average molecular weight is 627 g/mol. The van der Waals surface area contributed by atoms with Gasteiger partial charge in [-0.2, -0.15) is 0 Å². The van der Waals surface area contributed by atoms with E-state index in [2.05, 4.69) is 20.1 Å². The van der Waals surface area contributed by atoms with E-state index in [1.165, 1.54) is 60.7 Å². The van der Waals surface area contributed by atoms with E-state index in [0.29, 0.717) is 24.0 Å². The van der Waals surface area contributed by atoms with Gasteiger partial charge in [-0.3, -0.25) is 4.79 Å². The van der Waals surface area contributed by atoms with E-state index in [1.54, 1.807) is 0 Å². The van der Waals surface area contributed by atoms with Crippen molar-refractivity contribution in [2.24, 2.45) is 16.1 Å². The Hall–Kier alpha value is -2.49. The first-order valence-electron chi connectivity index (χ1n) is 11.4. The molecule has 0 aromatic heterocycles. The van der Waals surface area contributed by atoms with E-state index in [1.807, 2.05) is 6.92 Å². The van der Waals surface area contributed by atoms with Gasteiger partial charge in [0.15, 0.2) is 5.78 Å². The molecular weight excluding hydrogens is 606 g/mol. The molecule has 2 aromatic carbocycles. The van der Waals surface area contributed by atoms with Crippen molar-refractivity contribution < 1.29 is 89.9 Å². The maximum Gasteiger partial charge on any atom is 1.00 e. The Bertz CT molecular complexity index is 1680. The zero-order chi connectivity index (χ0) is 29.5. The number of ketones is 1. The van der Waals surface area contributed by atoms with Crippen LogP contribution in [0.3, 0.4) is 0 Å². The van der Waals surface area contributed by atoms with Crippen LogP contribution in [-0.4, -0.2) is 31.7 Å². The molecule has 0 atom stereocenters. The molecule has 2 aromatic rings. The molecule has 0 N–H and O–H groups in total. The molecule has 1 saturated carbocycles. The molecule has 0 bridgehead atoms. The summed E-state index contributed by atoms with van der Waals surface area (Å²) in [5.74, 6) is -0.212. The van der Waals surface area contributed by atoms with Crippen LogP contribution in [-0.2, 0) is 25.0 Å². The Kier molecular flexibility index (Phi) is 14.6. The fourth-order valence-corrected chi connectivity index (χ4v) is 5.40. The van der Waals surface area contributed by atoms with Crippen LogP contribution in [0.1, 0.15) is 30.9 Å². The van der Waals surface area contributed by atoms with Crippen LogP contribution < -0.4 is 59.1 Å². The quantitative estimate of drug-likeness (QED) is 0.0968. The standard InChI is InChI=1S/C25H22N6O7S2.2Na/c1-16-12-19(6-2-4-17-8-10-21(28-30-26)14-23(17)39(33,34)35)25(32)20(13-16)7-3-5-18-9-11-22(29-31-27)15-24(18)40(36,37)38;;/h2-11,14-16H,12-13H2,1H3,(H,33,34,35)(H,36,37,38);;/q;2*+1/p-2. The fourth-order valence-electron chi connectivity index (χ4n) is 4.02. The normalized spacial score (nSPS) is 17.4. The van der Waals surface area contributed by atoms with Gasteiger partial charge in [-0.1, -0.05) is 77.9 Å². The molecule has 0 aliphatic heterocycles. The summed E-state index contributed by atoms with van der Waals surface area (Å²) in [6.45, 7) is 1.93. The van der Waals surface area contributed by atoms with Crippen molar-refractivity contribution in [1.29, 1.82) is 0 Å². The Morgan fingerprint density at radius 2 is 1.17 bits per heavy atom. The van der Waals surface area contributed by atoms with Gasteiger partial charge in [0, 0.05) is 32.3 Å². The predicted octanol–water partition coefficient (Wildman–Crippen LogP) is -0.0352. The van der Waals surface area contributed by atoms with Crippen LogP contribution >= 0.6 is 0 Å². The first-order chi connectivity index (χ1) is 18.8. The second-order valence-corrected chi connectivity index (χ2v) is 11.4. The van der Waals surface area contributed by atoms with Gasteiger partial charge >= 0.3 is 59.1 Å². The summed E-state index contributed by atoms with van der Waals surface area (Å²) >= 11 is 0. The van der Waals surface area contributed by atoms with Crippen molar-refractivity contribution in [3.8, 4) is 0 Å². The summed E-state index contributed by atoms with van der Waals surface area (Å²) in [5, 5.41) is 6.59. The summed E-state index contributed by atoms with van der Waals surface area (Å²) in [4.78, 5) is 17.0. The summed E-state index contributed by atoms with van der Waals surface area (Å²) in [6.07, 6.45) is 9.46. The second-order valence-electron chi connectivity index (χ2n) is 8.68. The third kappa shape index (κ3) is 10.3. The van der Waals surface area contributed by atoms with Crippen molar-refractivity contribution in [2.45, 2.75) is 29.6 Å². The maximum atomic E-state index is 13.1. The first-order valence-corrected chi connectivity index (χ1v) is 14.2. The number of Topliss-reactive ketones (excluding diaryl/α,β-unsaturated/α-hetero) is 1. The topological polar surface area (TPSA) is 229 Å². The molecule has 0 radical (unpaired) electrons. The van der Waals surface area contributed by atoms with E-state index < -0.39 is 30.0 Å². The Balaban J connectivity index is 0.00000441. The van der Waals surface area contributed by atoms with E-state index in [9.17, 15) is 30.7 Å². The van der Waals surface area contributed by atoms with Gasteiger partial charge in [0.1, 0.15) is 20.2 Å². The number of rotatable bonds is 8. The maximum absolute atomic E-state index is 13.1. The van der Waals surface area contributed by atoms with Crippen LogP contribution in [0.2, 0.25) is 0 Å². The minimum Gasteiger partial charge on any atom is -0.744 e. The largest absolute Gasteiger partial charge is 1.00 e. The average Bonchev–Trinajstić information content (AvgIpc) is 2.87. The van der Waals surface area contributed by atoms with Gasteiger partial charge in [0.2, 0.25) is 0 Å². The molecule has 17 heteroatoms. The predicted molar refractivity (Wildman–Crippen MR) is 144 cm³/mol. The molecule has 1 aliphatic rings. The van der Waals surface area contributed by atoms with Crippen LogP contribution in [0.5, 0.6) is 0 Å². The van der Waals surface area contributed by atoms with Gasteiger partial charge < -0.3 is 9.11 Å². The van der Waals surface area contributed by atoms with Crippen molar-refractivity contribution in [3.05, 3.63) is 104 Å². The SMILES string of the molecule is CC1CC(=CC=Cc2ccc(N=[N+]=[N-])cc2S(=O)(=O)[O-])C(=O)C(=CC=Cc2ccc(N=[N+]=[N-])cc2S(=O)(=O)[O-])C1.[Na+].[Na+]. The van der Waals surface area contributed by atoms with E-state index >= 15 is 0 Å². The van der Waals surface area contributed by atoms with Crippen molar-refractivity contribution in [3.63, 3.8) is 0 Å². The molecule has 0 saturated heterocycles. The molecule has 0 amide bonds. The molecule has 1 aliphatic carbocycles. The van der Waals surface area contributed by atoms with E-state index in [4.69, 9.17) is 11.1 Å². The minimum atomic E-state index is -4.88. The molecule has 1 fully saturated rings. The van der Waals surface area contributed by atoms with Gasteiger partial charge in [0.25, 0.3) is 0 Å². The van der Waals surface area contributed by atoms with Crippen molar-refractivity contribution >= 4 is 49.5 Å². The molecular formula is C25H20N6Na2O7S2. The molecule has 42 heavy (non-hydrogen) atoms. The molecule has 0 heterocycles. The monoisotopic (exact) mass is 626 g/mol. The summed E-state index contributed by atoms with van der Waals surface area (Å²) in [6, 6.07) is 7.22. The van der Waals surface area contributed by atoms with Gasteiger partial charge in [-0.15, -0.1) is 0 Å². The zero-order valence-electron chi connectivity index (χ0n) is 22.8. The first kappa shape index (κ1) is 37.5. The van der Waals surface area contributed by atoms with Crippen LogP contribution in [0.15, 0.2) is 91.9 Å². The van der Waals surface area contributed by atoms with E-state index in [0.717, 1.165) is 12.1 Å².